The Kier molecular flexibility index (Phi) is 8.81. The van der Waals surface area contributed by atoms with E-state index >= 15 is 0 Å². The average molecular weight is 421 g/mol. The molecule has 28 heavy (non-hydrogen) atoms. The van der Waals surface area contributed by atoms with Crippen LogP contribution in [0.3, 0.4) is 0 Å². The highest BCUT2D eigenvalue weighted by Gasteiger charge is 2.28. The summed E-state index contributed by atoms with van der Waals surface area (Å²) in [5, 5.41) is 3.88. The van der Waals surface area contributed by atoms with E-state index < -0.39 is 6.04 Å². The van der Waals surface area contributed by atoms with Gasteiger partial charge < -0.3 is 10.2 Å². The second-order valence-corrected chi connectivity index (χ2v) is 7.48. The molecular formula is C22H26Cl2N2O2. The molecule has 0 heterocycles. The van der Waals surface area contributed by atoms with E-state index in [1.165, 1.54) is 0 Å². The predicted molar refractivity (Wildman–Crippen MR) is 115 cm³/mol. The number of hydrogen-bond donors (Lipinski definition) is 1. The third-order valence-electron chi connectivity index (χ3n) is 4.49. The molecule has 2 amide bonds. The molecule has 6 heteroatoms. The van der Waals surface area contributed by atoms with Gasteiger partial charge in [-0.2, -0.15) is 0 Å². The average Bonchev–Trinajstić information content (AvgIpc) is 2.69. The van der Waals surface area contributed by atoms with Gasteiger partial charge in [-0.15, -0.1) is 0 Å². The minimum atomic E-state index is -0.537. The Morgan fingerprint density at radius 3 is 2.39 bits per heavy atom. The van der Waals surface area contributed by atoms with Crippen molar-refractivity contribution in [2.75, 3.05) is 6.54 Å². The molecule has 0 fully saturated rings. The van der Waals surface area contributed by atoms with Crippen molar-refractivity contribution >= 4 is 35.0 Å². The molecule has 2 aromatic rings. The van der Waals surface area contributed by atoms with Gasteiger partial charge in [0.1, 0.15) is 6.04 Å². The van der Waals surface area contributed by atoms with Crippen LogP contribution >= 0.6 is 23.2 Å². The van der Waals surface area contributed by atoms with Crippen molar-refractivity contribution in [2.24, 2.45) is 0 Å². The molecule has 2 aromatic carbocycles. The summed E-state index contributed by atoms with van der Waals surface area (Å²) in [6.45, 7) is 4.86. The first kappa shape index (κ1) is 22.3. The maximum atomic E-state index is 13.2. The van der Waals surface area contributed by atoms with Crippen molar-refractivity contribution < 1.29 is 9.59 Å². The van der Waals surface area contributed by atoms with E-state index in [1.54, 1.807) is 23.1 Å². The fourth-order valence-corrected chi connectivity index (χ4v) is 3.47. The zero-order valence-corrected chi connectivity index (χ0v) is 17.8. The van der Waals surface area contributed by atoms with Crippen LogP contribution in [0.5, 0.6) is 0 Å². The number of carbonyl (C=O) groups is 2. The monoisotopic (exact) mass is 420 g/mol. The highest BCUT2D eigenvalue weighted by atomic mass is 35.5. The topological polar surface area (TPSA) is 49.4 Å². The van der Waals surface area contributed by atoms with Crippen molar-refractivity contribution in [3.8, 4) is 0 Å². The molecule has 0 aliphatic carbocycles. The fourth-order valence-electron chi connectivity index (χ4n) is 3.00. The third-order valence-corrected chi connectivity index (χ3v) is 5.07. The molecule has 150 valence electrons. The maximum Gasteiger partial charge on any atom is 0.242 e. The third kappa shape index (κ3) is 6.25. The summed E-state index contributed by atoms with van der Waals surface area (Å²) in [5.74, 6) is -0.276. The van der Waals surface area contributed by atoms with Crippen LogP contribution in [0.15, 0.2) is 48.5 Å². The van der Waals surface area contributed by atoms with Gasteiger partial charge in [0.15, 0.2) is 0 Å². The zero-order chi connectivity index (χ0) is 20.5. The Morgan fingerprint density at radius 2 is 1.79 bits per heavy atom. The molecule has 0 saturated heterocycles. The van der Waals surface area contributed by atoms with E-state index in [1.807, 2.05) is 44.2 Å². The highest BCUT2D eigenvalue weighted by Crippen LogP contribution is 2.23. The number of halogens is 2. The van der Waals surface area contributed by atoms with Gasteiger partial charge in [0.05, 0.1) is 6.42 Å². The van der Waals surface area contributed by atoms with Gasteiger partial charge in [-0.3, -0.25) is 9.59 Å². The number of rotatable bonds is 9. The van der Waals surface area contributed by atoms with Crippen LogP contribution in [-0.4, -0.2) is 29.3 Å². The Labute approximate surface area is 176 Å². The summed E-state index contributed by atoms with van der Waals surface area (Å²) in [6, 6.07) is 14.2. The molecule has 0 saturated carbocycles. The van der Waals surface area contributed by atoms with Crippen LogP contribution in [-0.2, 0) is 22.6 Å². The van der Waals surface area contributed by atoms with E-state index in [9.17, 15) is 9.59 Å². The minimum Gasteiger partial charge on any atom is -0.354 e. The van der Waals surface area contributed by atoms with E-state index in [-0.39, 0.29) is 18.2 Å². The molecule has 2 rings (SSSR count). The summed E-state index contributed by atoms with van der Waals surface area (Å²) in [5.41, 5.74) is 1.66. The maximum absolute atomic E-state index is 13.2. The van der Waals surface area contributed by atoms with Crippen LogP contribution in [0, 0.1) is 0 Å². The largest absolute Gasteiger partial charge is 0.354 e. The normalized spacial score (nSPS) is 11.7. The van der Waals surface area contributed by atoms with Gasteiger partial charge in [-0.25, -0.2) is 0 Å². The lowest BCUT2D eigenvalue weighted by Gasteiger charge is -2.31. The van der Waals surface area contributed by atoms with Crippen molar-refractivity contribution in [1.82, 2.24) is 10.2 Å². The summed E-state index contributed by atoms with van der Waals surface area (Å²) in [7, 11) is 0. The molecule has 0 unspecified atom stereocenters. The van der Waals surface area contributed by atoms with Crippen LogP contribution < -0.4 is 5.32 Å². The molecule has 0 radical (unpaired) electrons. The second kappa shape index (κ2) is 11.1. The molecule has 0 bridgehead atoms. The number of benzene rings is 2. The molecule has 1 N–H and O–H groups in total. The Bertz CT molecular complexity index is 796. The standard InChI is InChI=1S/C22H26Cl2N2O2/c1-3-12-25-22(28)20(4-2)26(15-16-8-6-5-7-9-16)21(27)13-17-10-11-18(23)14-19(17)24/h5-11,14,20H,3-4,12-13,15H2,1-2H3,(H,25,28)/t20-/m1/s1. The van der Waals surface area contributed by atoms with Crippen molar-refractivity contribution in [1.29, 1.82) is 0 Å². The molecule has 0 spiro atoms. The Hall–Kier alpha value is -2.04. The van der Waals surface area contributed by atoms with Crippen LogP contribution in [0.25, 0.3) is 0 Å². The smallest absolute Gasteiger partial charge is 0.242 e. The fraction of sp³-hybridized carbons (Fsp3) is 0.364. The van der Waals surface area contributed by atoms with E-state index in [0.29, 0.717) is 35.1 Å². The van der Waals surface area contributed by atoms with Gasteiger partial charge >= 0.3 is 0 Å². The second-order valence-electron chi connectivity index (χ2n) is 6.63. The Morgan fingerprint density at radius 1 is 1.07 bits per heavy atom. The summed E-state index contributed by atoms with van der Waals surface area (Å²) in [6.07, 6.45) is 1.48. The molecule has 0 aliphatic heterocycles. The SMILES string of the molecule is CCCNC(=O)[C@@H](CC)N(Cc1ccccc1)C(=O)Cc1ccc(Cl)cc1Cl. The first-order chi connectivity index (χ1) is 13.5. The van der Waals surface area contributed by atoms with Crippen molar-refractivity contribution in [2.45, 2.75) is 45.7 Å². The van der Waals surface area contributed by atoms with Crippen molar-refractivity contribution in [3.63, 3.8) is 0 Å². The van der Waals surface area contributed by atoms with Gasteiger partial charge in [0.2, 0.25) is 11.8 Å². The lowest BCUT2D eigenvalue weighted by atomic mass is 10.1. The van der Waals surface area contributed by atoms with Crippen LogP contribution in [0.4, 0.5) is 0 Å². The molecule has 0 aromatic heterocycles. The number of hydrogen-bond acceptors (Lipinski definition) is 2. The first-order valence-corrected chi connectivity index (χ1v) is 10.3. The van der Waals surface area contributed by atoms with E-state index in [0.717, 1.165) is 12.0 Å². The lowest BCUT2D eigenvalue weighted by molar-refractivity contribution is -0.140. The zero-order valence-electron chi connectivity index (χ0n) is 16.3. The molecule has 1 atom stereocenters. The van der Waals surface area contributed by atoms with Gasteiger partial charge in [-0.1, -0.05) is 73.4 Å². The van der Waals surface area contributed by atoms with E-state index in [2.05, 4.69) is 5.32 Å². The Balaban J connectivity index is 2.27. The summed E-state index contributed by atoms with van der Waals surface area (Å²) < 4.78 is 0. The van der Waals surface area contributed by atoms with Crippen LogP contribution in [0.1, 0.15) is 37.8 Å². The number of carbonyl (C=O) groups excluding carboxylic acids is 2. The predicted octanol–water partition coefficient (Wildman–Crippen LogP) is 4.87. The number of nitrogens with zero attached hydrogens (tertiary/aromatic N) is 1. The summed E-state index contributed by atoms with van der Waals surface area (Å²) >= 11 is 12.2. The van der Waals surface area contributed by atoms with Gasteiger partial charge in [0, 0.05) is 23.1 Å². The van der Waals surface area contributed by atoms with Gasteiger partial charge in [0.25, 0.3) is 0 Å². The highest BCUT2D eigenvalue weighted by molar-refractivity contribution is 6.35. The van der Waals surface area contributed by atoms with E-state index in [4.69, 9.17) is 23.2 Å². The number of amides is 2. The quantitative estimate of drug-likeness (QED) is 0.628. The first-order valence-electron chi connectivity index (χ1n) is 9.51. The van der Waals surface area contributed by atoms with Gasteiger partial charge in [-0.05, 0) is 36.1 Å². The summed E-state index contributed by atoms with van der Waals surface area (Å²) in [4.78, 5) is 27.5. The molecule has 0 aliphatic rings. The van der Waals surface area contributed by atoms with Crippen molar-refractivity contribution in [3.05, 3.63) is 69.7 Å². The lowest BCUT2D eigenvalue weighted by Crippen LogP contribution is -2.49. The van der Waals surface area contributed by atoms with Crippen LogP contribution in [0.2, 0.25) is 10.0 Å². The minimum absolute atomic E-state index is 0.112. The molecule has 4 nitrogen and oxygen atoms in total. The molecular weight excluding hydrogens is 395 g/mol. The number of nitrogens with one attached hydrogen (secondary N) is 1.